The lowest BCUT2D eigenvalue weighted by molar-refractivity contribution is 0.692. The van der Waals surface area contributed by atoms with Gasteiger partial charge in [0.05, 0.1) is 11.4 Å². The van der Waals surface area contributed by atoms with E-state index in [1.165, 1.54) is 0 Å². The average Bonchev–Trinajstić information content (AvgIpc) is 2.51. The Morgan fingerprint density at radius 3 is 2.62 bits per heavy atom. The SMILES string of the molecule is Cc1ccc(N)c(Sc2cc(C)nn2C)n1. The van der Waals surface area contributed by atoms with Crippen LogP contribution in [0.25, 0.3) is 0 Å². The number of aryl methyl sites for hydroxylation is 3. The molecule has 2 N–H and O–H groups in total. The van der Waals surface area contributed by atoms with Gasteiger partial charge in [0.15, 0.2) is 0 Å². The third-order valence-corrected chi connectivity index (χ3v) is 3.30. The van der Waals surface area contributed by atoms with E-state index in [1.54, 1.807) is 11.8 Å². The van der Waals surface area contributed by atoms with Crippen molar-refractivity contribution in [1.29, 1.82) is 0 Å². The molecule has 0 spiro atoms. The van der Waals surface area contributed by atoms with Crippen molar-refractivity contribution in [2.75, 3.05) is 5.73 Å². The first-order chi connectivity index (χ1) is 7.56. The lowest BCUT2D eigenvalue weighted by Crippen LogP contribution is -1.96. The largest absolute Gasteiger partial charge is 0.397 e. The molecular weight excluding hydrogens is 220 g/mol. The Bertz CT molecular complexity index is 519. The third-order valence-electron chi connectivity index (χ3n) is 2.19. The van der Waals surface area contributed by atoms with Crippen LogP contribution >= 0.6 is 11.8 Å². The second-order valence-electron chi connectivity index (χ2n) is 3.70. The number of rotatable bonds is 2. The van der Waals surface area contributed by atoms with Gasteiger partial charge in [0.1, 0.15) is 10.1 Å². The van der Waals surface area contributed by atoms with E-state index in [9.17, 15) is 0 Å². The van der Waals surface area contributed by atoms with Gasteiger partial charge in [0.2, 0.25) is 0 Å². The smallest absolute Gasteiger partial charge is 0.125 e. The first kappa shape index (κ1) is 11.0. The Hall–Kier alpha value is -1.49. The molecule has 0 fully saturated rings. The molecule has 4 nitrogen and oxygen atoms in total. The Balaban J connectivity index is 2.33. The van der Waals surface area contributed by atoms with Crippen LogP contribution in [0.2, 0.25) is 0 Å². The van der Waals surface area contributed by atoms with Crippen molar-refractivity contribution in [2.45, 2.75) is 23.9 Å². The maximum Gasteiger partial charge on any atom is 0.125 e. The molecule has 2 aromatic heterocycles. The number of pyridine rings is 1. The van der Waals surface area contributed by atoms with Gasteiger partial charge < -0.3 is 5.73 Å². The maximum atomic E-state index is 5.88. The summed E-state index contributed by atoms with van der Waals surface area (Å²) in [5.74, 6) is 0. The minimum Gasteiger partial charge on any atom is -0.397 e. The molecule has 0 aromatic carbocycles. The van der Waals surface area contributed by atoms with Gasteiger partial charge >= 0.3 is 0 Å². The number of nitrogens with two attached hydrogens (primary N) is 1. The molecule has 0 bridgehead atoms. The summed E-state index contributed by atoms with van der Waals surface area (Å²) < 4.78 is 1.84. The molecular formula is C11H14N4S. The van der Waals surface area contributed by atoms with Crippen LogP contribution in [0.1, 0.15) is 11.4 Å². The Kier molecular flexibility index (Phi) is 2.87. The highest BCUT2D eigenvalue weighted by molar-refractivity contribution is 7.99. The molecule has 0 aliphatic rings. The van der Waals surface area contributed by atoms with Crippen LogP contribution in [-0.4, -0.2) is 14.8 Å². The first-order valence-electron chi connectivity index (χ1n) is 4.98. The lowest BCUT2D eigenvalue weighted by atomic mass is 10.3. The maximum absolute atomic E-state index is 5.88. The van der Waals surface area contributed by atoms with Gasteiger partial charge in [-0.25, -0.2) is 4.98 Å². The summed E-state index contributed by atoms with van der Waals surface area (Å²) in [6.07, 6.45) is 0. The molecule has 0 unspecified atom stereocenters. The standard InChI is InChI=1S/C11H14N4S/c1-7-4-5-9(12)11(13-7)16-10-6-8(2)14-15(10)3/h4-6H,12H2,1-3H3. The van der Waals surface area contributed by atoms with Gasteiger partial charge in [-0.3, -0.25) is 4.68 Å². The van der Waals surface area contributed by atoms with E-state index in [1.807, 2.05) is 43.8 Å². The summed E-state index contributed by atoms with van der Waals surface area (Å²) in [5, 5.41) is 6.17. The molecule has 0 atom stereocenters. The van der Waals surface area contributed by atoms with E-state index in [2.05, 4.69) is 10.1 Å². The van der Waals surface area contributed by atoms with Crippen LogP contribution in [0.5, 0.6) is 0 Å². The zero-order valence-corrected chi connectivity index (χ0v) is 10.4. The van der Waals surface area contributed by atoms with E-state index < -0.39 is 0 Å². The van der Waals surface area contributed by atoms with Crippen LogP contribution in [0.3, 0.4) is 0 Å². The van der Waals surface area contributed by atoms with Crippen molar-refractivity contribution in [3.8, 4) is 0 Å². The van der Waals surface area contributed by atoms with Gasteiger partial charge in [-0.1, -0.05) is 0 Å². The summed E-state index contributed by atoms with van der Waals surface area (Å²) in [7, 11) is 1.92. The molecule has 2 aromatic rings. The summed E-state index contributed by atoms with van der Waals surface area (Å²) in [6.45, 7) is 3.93. The van der Waals surface area contributed by atoms with E-state index >= 15 is 0 Å². The molecule has 2 heterocycles. The van der Waals surface area contributed by atoms with Gasteiger partial charge in [0, 0.05) is 12.7 Å². The fourth-order valence-corrected chi connectivity index (χ4v) is 2.38. The molecule has 0 saturated carbocycles. The van der Waals surface area contributed by atoms with E-state index in [0.717, 1.165) is 21.4 Å². The fourth-order valence-electron chi connectivity index (χ4n) is 1.41. The minimum atomic E-state index is 0.703. The van der Waals surface area contributed by atoms with Crippen molar-refractivity contribution in [3.63, 3.8) is 0 Å². The summed E-state index contributed by atoms with van der Waals surface area (Å²) in [4.78, 5) is 4.42. The molecule has 5 heteroatoms. The van der Waals surface area contributed by atoms with Crippen LogP contribution < -0.4 is 5.73 Å². The highest BCUT2D eigenvalue weighted by Crippen LogP contribution is 2.30. The number of hydrogen-bond donors (Lipinski definition) is 1. The van der Waals surface area contributed by atoms with Crippen LogP contribution in [0.15, 0.2) is 28.3 Å². The lowest BCUT2D eigenvalue weighted by Gasteiger charge is -2.05. The van der Waals surface area contributed by atoms with Gasteiger partial charge in [0.25, 0.3) is 0 Å². The van der Waals surface area contributed by atoms with Crippen molar-refractivity contribution in [1.82, 2.24) is 14.8 Å². The zero-order chi connectivity index (χ0) is 11.7. The van der Waals surface area contributed by atoms with E-state index in [4.69, 9.17) is 5.73 Å². The highest BCUT2D eigenvalue weighted by Gasteiger charge is 2.08. The quantitative estimate of drug-likeness (QED) is 0.865. The molecule has 0 aliphatic heterocycles. The fraction of sp³-hybridized carbons (Fsp3) is 0.273. The number of anilines is 1. The first-order valence-corrected chi connectivity index (χ1v) is 5.79. The second kappa shape index (κ2) is 4.17. The average molecular weight is 234 g/mol. The van der Waals surface area contributed by atoms with Crippen LogP contribution in [-0.2, 0) is 7.05 Å². The summed E-state index contributed by atoms with van der Waals surface area (Å²) in [5.41, 5.74) is 8.55. The molecule has 16 heavy (non-hydrogen) atoms. The molecule has 0 amide bonds. The predicted molar refractivity (Wildman–Crippen MR) is 65.5 cm³/mol. The van der Waals surface area contributed by atoms with Crippen molar-refractivity contribution in [2.24, 2.45) is 7.05 Å². The number of aromatic nitrogens is 3. The van der Waals surface area contributed by atoms with E-state index in [-0.39, 0.29) is 0 Å². The van der Waals surface area contributed by atoms with Crippen molar-refractivity contribution >= 4 is 17.4 Å². The Labute approximate surface area is 98.9 Å². The number of hydrogen-bond acceptors (Lipinski definition) is 4. The predicted octanol–water partition coefficient (Wildman–Crippen LogP) is 2.17. The highest BCUT2D eigenvalue weighted by atomic mass is 32.2. The topological polar surface area (TPSA) is 56.7 Å². The third kappa shape index (κ3) is 2.19. The zero-order valence-electron chi connectivity index (χ0n) is 9.56. The van der Waals surface area contributed by atoms with Gasteiger partial charge in [-0.2, -0.15) is 5.10 Å². The van der Waals surface area contributed by atoms with E-state index in [0.29, 0.717) is 5.69 Å². The van der Waals surface area contributed by atoms with Crippen LogP contribution in [0.4, 0.5) is 5.69 Å². The Morgan fingerprint density at radius 2 is 2.00 bits per heavy atom. The molecule has 0 aliphatic carbocycles. The monoisotopic (exact) mass is 234 g/mol. The second-order valence-corrected chi connectivity index (χ2v) is 4.71. The summed E-state index contributed by atoms with van der Waals surface area (Å²) in [6, 6.07) is 5.82. The number of nitrogens with zero attached hydrogens (tertiary/aromatic N) is 3. The van der Waals surface area contributed by atoms with Gasteiger partial charge in [-0.05, 0) is 43.8 Å². The summed E-state index contributed by atoms with van der Waals surface area (Å²) >= 11 is 1.54. The molecule has 2 rings (SSSR count). The number of nitrogen functional groups attached to an aromatic ring is 1. The normalized spacial score (nSPS) is 10.7. The molecule has 84 valence electrons. The molecule has 0 radical (unpaired) electrons. The molecule has 0 saturated heterocycles. The van der Waals surface area contributed by atoms with Crippen LogP contribution in [0, 0.1) is 13.8 Å². The van der Waals surface area contributed by atoms with Gasteiger partial charge in [-0.15, -0.1) is 0 Å². The minimum absolute atomic E-state index is 0.703. The Morgan fingerprint density at radius 1 is 1.25 bits per heavy atom. The van der Waals surface area contributed by atoms with Crippen molar-refractivity contribution < 1.29 is 0 Å². The van der Waals surface area contributed by atoms with Crippen molar-refractivity contribution in [3.05, 3.63) is 29.6 Å².